The highest BCUT2D eigenvalue weighted by molar-refractivity contribution is 6.04. The van der Waals surface area contributed by atoms with Crippen LogP contribution in [0.3, 0.4) is 0 Å². The average Bonchev–Trinajstić information content (AvgIpc) is 2.73. The van der Waals surface area contributed by atoms with Gasteiger partial charge in [0.05, 0.1) is 38.8 Å². The number of carbonyl (C=O) groups is 1. The minimum atomic E-state index is -0.200. The quantitative estimate of drug-likeness (QED) is 0.794. The molecule has 1 amide bonds. The van der Waals surface area contributed by atoms with Gasteiger partial charge in [-0.2, -0.15) is 0 Å². The van der Waals surface area contributed by atoms with Gasteiger partial charge in [0.15, 0.2) is 0 Å². The maximum atomic E-state index is 12.4. The van der Waals surface area contributed by atoms with Gasteiger partial charge < -0.3 is 24.4 Å². The summed E-state index contributed by atoms with van der Waals surface area (Å²) in [6.07, 6.45) is 3.23. The summed E-state index contributed by atoms with van der Waals surface area (Å²) in [4.78, 5) is 14.7. The van der Waals surface area contributed by atoms with Gasteiger partial charge in [-0.05, 0) is 30.3 Å². The lowest BCUT2D eigenvalue weighted by Crippen LogP contribution is -2.36. The third kappa shape index (κ3) is 4.80. The lowest BCUT2D eigenvalue weighted by atomic mass is 10.1. The number of ether oxygens (including phenoxy) is 3. The van der Waals surface area contributed by atoms with Crippen LogP contribution in [0.5, 0.6) is 11.5 Å². The number of carbonyl (C=O) groups excluding carboxylic acids is 1. The van der Waals surface area contributed by atoms with Gasteiger partial charge >= 0.3 is 0 Å². The standard InChI is InChI=1S/C21H24N2O4/c1-25-17-9-7-16(20(15-17)26-2)8-10-21(24)22-18-5-3-4-6-19(18)23-11-13-27-14-12-23/h3-10,15H,11-14H2,1-2H3,(H,22,24)/b10-8+. The summed E-state index contributed by atoms with van der Waals surface area (Å²) in [5, 5.41) is 2.96. The van der Waals surface area contributed by atoms with E-state index in [2.05, 4.69) is 10.2 Å². The highest BCUT2D eigenvalue weighted by Crippen LogP contribution is 2.27. The van der Waals surface area contributed by atoms with Gasteiger partial charge in [-0.3, -0.25) is 4.79 Å². The molecule has 1 N–H and O–H groups in total. The van der Waals surface area contributed by atoms with Gasteiger partial charge in [-0.15, -0.1) is 0 Å². The topological polar surface area (TPSA) is 60.0 Å². The van der Waals surface area contributed by atoms with Crippen molar-refractivity contribution in [3.63, 3.8) is 0 Å². The largest absolute Gasteiger partial charge is 0.497 e. The van der Waals surface area contributed by atoms with E-state index in [1.54, 1.807) is 26.4 Å². The number of nitrogens with zero attached hydrogens (tertiary/aromatic N) is 1. The normalized spacial score (nSPS) is 14.2. The van der Waals surface area contributed by atoms with Crippen LogP contribution >= 0.6 is 0 Å². The first-order chi connectivity index (χ1) is 13.2. The van der Waals surface area contributed by atoms with Crippen LogP contribution < -0.4 is 19.7 Å². The fourth-order valence-electron chi connectivity index (χ4n) is 2.96. The number of hydrogen-bond donors (Lipinski definition) is 1. The molecule has 142 valence electrons. The van der Waals surface area contributed by atoms with Crippen LogP contribution in [0.1, 0.15) is 5.56 Å². The predicted molar refractivity (Wildman–Crippen MR) is 107 cm³/mol. The molecule has 3 rings (SSSR count). The number of nitrogens with one attached hydrogen (secondary N) is 1. The summed E-state index contributed by atoms with van der Waals surface area (Å²) in [5.41, 5.74) is 2.59. The Morgan fingerprint density at radius 3 is 2.63 bits per heavy atom. The first-order valence-corrected chi connectivity index (χ1v) is 8.84. The maximum Gasteiger partial charge on any atom is 0.248 e. The zero-order chi connectivity index (χ0) is 19.1. The number of anilines is 2. The fourth-order valence-corrected chi connectivity index (χ4v) is 2.96. The van der Waals surface area contributed by atoms with Crippen LogP contribution in [0.2, 0.25) is 0 Å². The van der Waals surface area contributed by atoms with Crippen molar-refractivity contribution in [3.05, 3.63) is 54.1 Å². The van der Waals surface area contributed by atoms with E-state index in [-0.39, 0.29) is 5.91 Å². The summed E-state index contributed by atoms with van der Waals surface area (Å²) in [7, 11) is 3.19. The Labute approximate surface area is 159 Å². The fraction of sp³-hybridized carbons (Fsp3) is 0.286. The minimum absolute atomic E-state index is 0.200. The van der Waals surface area contributed by atoms with E-state index in [4.69, 9.17) is 14.2 Å². The number of para-hydroxylation sites is 2. The van der Waals surface area contributed by atoms with Crippen LogP contribution in [0, 0.1) is 0 Å². The molecular weight excluding hydrogens is 344 g/mol. The van der Waals surface area contributed by atoms with Gasteiger partial charge in [0.25, 0.3) is 0 Å². The molecule has 2 aromatic carbocycles. The SMILES string of the molecule is COc1ccc(/C=C/C(=O)Nc2ccccc2N2CCOCC2)c(OC)c1. The Balaban J connectivity index is 1.72. The van der Waals surface area contributed by atoms with E-state index in [0.717, 1.165) is 30.0 Å². The summed E-state index contributed by atoms with van der Waals surface area (Å²) in [5.74, 6) is 1.15. The van der Waals surface area contributed by atoms with Crippen molar-refractivity contribution in [1.29, 1.82) is 0 Å². The molecule has 1 saturated heterocycles. The molecule has 0 aromatic heterocycles. The van der Waals surface area contributed by atoms with Crippen LogP contribution in [0.15, 0.2) is 48.5 Å². The third-order valence-corrected chi connectivity index (χ3v) is 4.37. The second-order valence-electron chi connectivity index (χ2n) is 6.05. The van der Waals surface area contributed by atoms with Crippen molar-refractivity contribution in [2.45, 2.75) is 0 Å². The van der Waals surface area contributed by atoms with E-state index in [1.165, 1.54) is 6.08 Å². The molecule has 0 aliphatic carbocycles. The molecular formula is C21H24N2O4. The summed E-state index contributed by atoms with van der Waals surface area (Å²) >= 11 is 0. The number of morpholine rings is 1. The molecule has 6 nitrogen and oxygen atoms in total. The zero-order valence-corrected chi connectivity index (χ0v) is 15.6. The Hall–Kier alpha value is -2.99. The van der Waals surface area contributed by atoms with Gasteiger partial charge in [-0.1, -0.05) is 12.1 Å². The second-order valence-corrected chi connectivity index (χ2v) is 6.05. The Morgan fingerprint density at radius 1 is 1.11 bits per heavy atom. The van der Waals surface area contributed by atoms with Crippen molar-refractivity contribution in [2.75, 3.05) is 50.7 Å². The van der Waals surface area contributed by atoms with Crippen molar-refractivity contribution in [1.82, 2.24) is 0 Å². The molecule has 6 heteroatoms. The summed E-state index contributed by atoms with van der Waals surface area (Å²) in [6, 6.07) is 13.3. The number of amides is 1. The highest BCUT2D eigenvalue weighted by Gasteiger charge is 2.15. The number of methoxy groups -OCH3 is 2. The third-order valence-electron chi connectivity index (χ3n) is 4.37. The Kier molecular flexibility index (Phi) is 6.33. The van der Waals surface area contributed by atoms with Gasteiger partial charge in [0.2, 0.25) is 5.91 Å². The van der Waals surface area contributed by atoms with E-state index >= 15 is 0 Å². The lowest BCUT2D eigenvalue weighted by molar-refractivity contribution is -0.111. The van der Waals surface area contributed by atoms with Crippen LogP contribution in [-0.4, -0.2) is 46.4 Å². The Bertz CT molecular complexity index is 814. The van der Waals surface area contributed by atoms with Gasteiger partial charge in [0, 0.05) is 30.8 Å². The van der Waals surface area contributed by atoms with Gasteiger partial charge in [-0.25, -0.2) is 0 Å². The van der Waals surface area contributed by atoms with Crippen molar-refractivity contribution in [3.8, 4) is 11.5 Å². The van der Waals surface area contributed by atoms with E-state index < -0.39 is 0 Å². The number of rotatable bonds is 6. The van der Waals surface area contributed by atoms with Crippen molar-refractivity contribution in [2.24, 2.45) is 0 Å². The Morgan fingerprint density at radius 2 is 1.89 bits per heavy atom. The predicted octanol–water partition coefficient (Wildman–Crippen LogP) is 3.19. The van der Waals surface area contributed by atoms with E-state index in [9.17, 15) is 4.79 Å². The molecule has 1 aliphatic heterocycles. The minimum Gasteiger partial charge on any atom is -0.497 e. The smallest absolute Gasteiger partial charge is 0.248 e. The first kappa shape index (κ1) is 18.8. The molecule has 0 unspecified atom stereocenters. The molecule has 0 radical (unpaired) electrons. The van der Waals surface area contributed by atoms with Crippen molar-refractivity contribution >= 4 is 23.4 Å². The first-order valence-electron chi connectivity index (χ1n) is 8.84. The zero-order valence-electron chi connectivity index (χ0n) is 15.6. The molecule has 0 saturated carbocycles. The number of hydrogen-bond acceptors (Lipinski definition) is 5. The second kappa shape index (κ2) is 9.09. The molecule has 1 heterocycles. The molecule has 0 spiro atoms. The molecule has 27 heavy (non-hydrogen) atoms. The van der Waals surface area contributed by atoms with Crippen LogP contribution in [-0.2, 0) is 9.53 Å². The monoisotopic (exact) mass is 368 g/mol. The molecule has 1 fully saturated rings. The summed E-state index contributed by atoms with van der Waals surface area (Å²) < 4.78 is 16.0. The van der Waals surface area contributed by atoms with Crippen LogP contribution in [0.4, 0.5) is 11.4 Å². The number of benzene rings is 2. The maximum absolute atomic E-state index is 12.4. The molecule has 0 atom stereocenters. The molecule has 1 aliphatic rings. The van der Waals surface area contributed by atoms with Crippen LogP contribution in [0.25, 0.3) is 6.08 Å². The molecule has 0 bridgehead atoms. The van der Waals surface area contributed by atoms with E-state index in [0.29, 0.717) is 24.7 Å². The van der Waals surface area contributed by atoms with Crippen molar-refractivity contribution < 1.29 is 19.0 Å². The highest BCUT2D eigenvalue weighted by atomic mass is 16.5. The molecule has 2 aromatic rings. The van der Waals surface area contributed by atoms with Gasteiger partial charge in [0.1, 0.15) is 11.5 Å². The average molecular weight is 368 g/mol. The summed E-state index contributed by atoms with van der Waals surface area (Å²) in [6.45, 7) is 3.01. The lowest BCUT2D eigenvalue weighted by Gasteiger charge is -2.30. The van der Waals surface area contributed by atoms with E-state index in [1.807, 2.05) is 36.4 Å².